The van der Waals surface area contributed by atoms with Crippen LogP contribution in [0.1, 0.15) is 25.2 Å². The molecule has 0 saturated heterocycles. The summed E-state index contributed by atoms with van der Waals surface area (Å²) < 4.78 is 69.5. The first kappa shape index (κ1) is 22.0. The first-order chi connectivity index (χ1) is 14.5. The quantitative estimate of drug-likeness (QED) is 0.336. The van der Waals surface area contributed by atoms with Crippen molar-refractivity contribution in [3.63, 3.8) is 0 Å². The molecule has 1 aromatic heterocycles. The minimum atomic E-state index is -5.09. The van der Waals surface area contributed by atoms with E-state index in [9.17, 15) is 31.9 Å². The lowest BCUT2D eigenvalue weighted by molar-refractivity contribution is -0.152. The molecule has 0 fully saturated rings. The number of rotatable bonds is 4. The summed E-state index contributed by atoms with van der Waals surface area (Å²) in [4.78, 5) is 35.6. The van der Waals surface area contributed by atoms with E-state index in [0.717, 1.165) is 44.2 Å². The molecule has 1 heterocycles. The molecule has 0 radical (unpaired) electrons. The van der Waals surface area contributed by atoms with Crippen molar-refractivity contribution >= 4 is 22.9 Å². The monoisotopic (exact) mass is 438 g/mol. The smallest absolute Gasteiger partial charge is 0.450 e. The van der Waals surface area contributed by atoms with Gasteiger partial charge in [-0.1, -0.05) is 12.1 Å². The van der Waals surface area contributed by atoms with Crippen LogP contribution in [0.25, 0.3) is 22.1 Å². The number of esters is 2. The number of hydrogen-bond donors (Lipinski definition) is 0. The van der Waals surface area contributed by atoms with Gasteiger partial charge in [-0.05, 0) is 29.8 Å². The average Bonchev–Trinajstić information content (AvgIpc) is 2.66. The molecule has 3 rings (SSSR count). The Morgan fingerprint density at radius 1 is 1.00 bits per heavy atom. The van der Waals surface area contributed by atoms with Gasteiger partial charge in [-0.2, -0.15) is 13.2 Å². The molecule has 3 aromatic rings. The Morgan fingerprint density at radius 2 is 1.65 bits per heavy atom. The fraction of sp³-hybridized carbons (Fsp3) is 0.190. The molecular formula is C21H14F4O6. The molecule has 10 heteroatoms. The van der Waals surface area contributed by atoms with E-state index >= 15 is 0 Å². The van der Waals surface area contributed by atoms with Crippen LogP contribution >= 0.6 is 0 Å². The van der Waals surface area contributed by atoms with Gasteiger partial charge in [-0.25, -0.2) is 4.39 Å². The molecule has 0 unspecified atom stereocenters. The summed E-state index contributed by atoms with van der Waals surface area (Å²) in [5.74, 6) is -4.10. The molecule has 0 N–H and O–H groups in total. The Labute approximate surface area is 172 Å². The molecule has 31 heavy (non-hydrogen) atoms. The minimum Gasteiger partial charge on any atom is -0.461 e. The van der Waals surface area contributed by atoms with Crippen LogP contribution in [0.3, 0.4) is 0 Å². The molecule has 0 aliphatic carbocycles. The van der Waals surface area contributed by atoms with Crippen LogP contribution in [0, 0.1) is 5.82 Å². The third kappa shape index (κ3) is 4.57. The second-order valence-electron chi connectivity index (χ2n) is 6.43. The molecule has 0 aliphatic rings. The number of carbonyl (C=O) groups is 2. The topological polar surface area (TPSA) is 82.8 Å². The predicted octanol–water partition coefficient (Wildman–Crippen LogP) is 4.61. The van der Waals surface area contributed by atoms with Crippen molar-refractivity contribution in [1.82, 2.24) is 0 Å². The zero-order valence-corrected chi connectivity index (χ0v) is 16.1. The first-order valence-electron chi connectivity index (χ1n) is 8.76. The molecule has 0 spiro atoms. The van der Waals surface area contributed by atoms with Gasteiger partial charge in [0.05, 0.1) is 16.5 Å². The van der Waals surface area contributed by atoms with Crippen LogP contribution in [0.4, 0.5) is 17.6 Å². The van der Waals surface area contributed by atoms with Gasteiger partial charge in [0, 0.05) is 13.8 Å². The van der Waals surface area contributed by atoms with Crippen molar-refractivity contribution in [3.05, 3.63) is 63.8 Å². The molecule has 0 aliphatic heterocycles. The predicted molar refractivity (Wildman–Crippen MR) is 99.7 cm³/mol. The molecule has 0 saturated carbocycles. The summed E-state index contributed by atoms with van der Waals surface area (Å²) in [5.41, 5.74) is -2.83. The van der Waals surface area contributed by atoms with Crippen molar-refractivity contribution in [2.45, 2.75) is 26.6 Å². The van der Waals surface area contributed by atoms with Gasteiger partial charge >= 0.3 is 18.1 Å². The molecule has 162 valence electrons. The van der Waals surface area contributed by atoms with E-state index in [1.807, 2.05) is 0 Å². The fourth-order valence-electron chi connectivity index (χ4n) is 2.94. The van der Waals surface area contributed by atoms with Gasteiger partial charge in [0.1, 0.15) is 23.8 Å². The highest BCUT2D eigenvalue weighted by molar-refractivity contribution is 5.87. The second-order valence-corrected chi connectivity index (χ2v) is 6.43. The Balaban J connectivity index is 2.39. The number of benzene rings is 2. The van der Waals surface area contributed by atoms with Crippen molar-refractivity contribution in [3.8, 4) is 16.9 Å². The van der Waals surface area contributed by atoms with E-state index in [-0.39, 0.29) is 22.3 Å². The normalized spacial score (nSPS) is 11.4. The second kappa shape index (κ2) is 8.21. The lowest BCUT2D eigenvalue weighted by Gasteiger charge is -2.16. The Morgan fingerprint density at radius 3 is 2.19 bits per heavy atom. The Kier molecular flexibility index (Phi) is 5.83. The van der Waals surface area contributed by atoms with Gasteiger partial charge in [0.2, 0.25) is 11.2 Å². The average molecular weight is 438 g/mol. The van der Waals surface area contributed by atoms with Gasteiger partial charge in [0.15, 0.2) is 0 Å². The number of fused-ring (bicyclic) bond motifs is 1. The lowest BCUT2D eigenvalue weighted by Crippen LogP contribution is -2.17. The minimum absolute atomic E-state index is 0.199. The summed E-state index contributed by atoms with van der Waals surface area (Å²) in [6.07, 6.45) is -5.09. The van der Waals surface area contributed by atoms with Gasteiger partial charge in [-0.15, -0.1) is 0 Å². The maximum atomic E-state index is 13.8. The van der Waals surface area contributed by atoms with Gasteiger partial charge < -0.3 is 13.9 Å². The summed E-state index contributed by atoms with van der Waals surface area (Å²) in [6, 6.07) is 6.18. The maximum Gasteiger partial charge on any atom is 0.450 e. The zero-order valence-electron chi connectivity index (χ0n) is 16.1. The zero-order chi connectivity index (χ0) is 22.9. The van der Waals surface area contributed by atoms with E-state index in [2.05, 4.69) is 0 Å². The highest BCUT2D eigenvalue weighted by Crippen LogP contribution is 2.39. The third-order valence-corrected chi connectivity index (χ3v) is 4.18. The van der Waals surface area contributed by atoms with Crippen molar-refractivity contribution in [1.29, 1.82) is 0 Å². The number of alkyl halides is 3. The first-order valence-corrected chi connectivity index (χ1v) is 8.76. The van der Waals surface area contributed by atoms with Crippen LogP contribution in [0.2, 0.25) is 0 Å². The fourth-order valence-corrected chi connectivity index (χ4v) is 2.94. The molecule has 2 aromatic carbocycles. The van der Waals surface area contributed by atoms with E-state index < -0.39 is 52.9 Å². The molecule has 0 amide bonds. The Bertz CT molecular complexity index is 1230. The van der Waals surface area contributed by atoms with Crippen LogP contribution in [-0.4, -0.2) is 11.9 Å². The van der Waals surface area contributed by atoms with E-state index in [0.29, 0.717) is 0 Å². The Hall–Kier alpha value is -3.69. The number of halogens is 4. The van der Waals surface area contributed by atoms with Crippen molar-refractivity contribution < 1.29 is 41.0 Å². The van der Waals surface area contributed by atoms with Crippen molar-refractivity contribution in [2.75, 3.05) is 0 Å². The highest BCUT2D eigenvalue weighted by Gasteiger charge is 2.40. The SMILES string of the molecule is CC(=O)OCc1c(OC(C)=O)ccc2c(=O)c(-c3ccc(F)cc3)c(C(F)(F)F)oc12. The highest BCUT2D eigenvalue weighted by atomic mass is 19.4. The third-order valence-electron chi connectivity index (χ3n) is 4.18. The maximum absolute atomic E-state index is 13.8. The summed E-state index contributed by atoms with van der Waals surface area (Å²) in [7, 11) is 0. The van der Waals surface area contributed by atoms with Crippen LogP contribution in [-0.2, 0) is 27.1 Å². The van der Waals surface area contributed by atoms with E-state index in [4.69, 9.17) is 13.9 Å². The summed E-state index contributed by atoms with van der Waals surface area (Å²) >= 11 is 0. The van der Waals surface area contributed by atoms with Gasteiger partial charge in [0.25, 0.3) is 0 Å². The molecule has 0 bridgehead atoms. The molecule has 6 nitrogen and oxygen atoms in total. The lowest BCUT2D eigenvalue weighted by atomic mass is 10.00. The largest absolute Gasteiger partial charge is 0.461 e. The number of ether oxygens (including phenoxy) is 2. The molecule has 0 atom stereocenters. The number of carbonyl (C=O) groups excluding carboxylic acids is 2. The van der Waals surface area contributed by atoms with Crippen molar-refractivity contribution in [2.24, 2.45) is 0 Å². The van der Waals surface area contributed by atoms with Gasteiger partial charge in [-0.3, -0.25) is 14.4 Å². The van der Waals surface area contributed by atoms with E-state index in [1.54, 1.807) is 0 Å². The summed E-state index contributed by atoms with van der Waals surface area (Å²) in [6.45, 7) is 1.53. The summed E-state index contributed by atoms with van der Waals surface area (Å²) in [5, 5.41) is -0.273. The standard InChI is InChI=1S/C21H14F4O6/c1-10(26)29-9-15-16(30-11(2)27)8-7-14-18(28)17(12-3-5-13(22)6-4-12)20(21(23,24)25)31-19(14)15/h3-8H,9H2,1-2H3. The molecular weight excluding hydrogens is 424 g/mol. The van der Waals surface area contributed by atoms with Crippen LogP contribution < -0.4 is 10.2 Å². The van der Waals surface area contributed by atoms with Crippen LogP contribution in [0.5, 0.6) is 5.75 Å². The van der Waals surface area contributed by atoms with Crippen LogP contribution in [0.15, 0.2) is 45.6 Å². The van der Waals surface area contributed by atoms with E-state index in [1.165, 1.54) is 6.07 Å². The number of hydrogen-bond acceptors (Lipinski definition) is 6.